The van der Waals surface area contributed by atoms with Crippen LogP contribution in [-0.4, -0.2) is 25.2 Å². The van der Waals surface area contributed by atoms with Crippen molar-refractivity contribution in [3.8, 4) is 0 Å². The third kappa shape index (κ3) is 12.7. The van der Waals surface area contributed by atoms with Crippen molar-refractivity contribution in [2.75, 3.05) is 13.2 Å². The summed E-state index contributed by atoms with van der Waals surface area (Å²) in [6.45, 7) is 10.1. The molecule has 0 aromatic rings. The molecule has 19 heavy (non-hydrogen) atoms. The molecule has 0 heterocycles. The molecule has 0 unspecified atom stereocenters. The number of carbonyl (C=O) groups excluding carboxylic acids is 2. The zero-order valence-corrected chi connectivity index (χ0v) is 12.2. The van der Waals surface area contributed by atoms with Gasteiger partial charge in [-0.1, -0.05) is 11.1 Å². The monoisotopic (exact) mass is 268 g/mol. The van der Waals surface area contributed by atoms with Crippen LogP contribution in [0.5, 0.6) is 0 Å². The Kier molecular flexibility index (Phi) is 9.49. The van der Waals surface area contributed by atoms with Gasteiger partial charge in [0.25, 0.3) is 0 Å². The Morgan fingerprint density at radius 1 is 1.00 bits per heavy atom. The summed E-state index contributed by atoms with van der Waals surface area (Å²) in [5, 5.41) is 0. The second-order valence-corrected chi connectivity index (χ2v) is 4.75. The summed E-state index contributed by atoms with van der Waals surface area (Å²) >= 11 is 0. The van der Waals surface area contributed by atoms with Crippen molar-refractivity contribution in [2.45, 2.75) is 46.5 Å². The van der Waals surface area contributed by atoms with Gasteiger partial charge in [-0.25, -0.2) is 0 Å². The third-order valence-corrected chi connectivity index (χ3v) is 2.29. The van der Waals surface area contributed by atoms with Crippen molar-refractivity contribution in [3.05, 3.63) is 23.8 Å². The van der Waals surface area contributed by atoms with Gasteiger partial charge in [0, 0.05) is 19.3 Å². The maximum atomic E-state index is 11.3. The molecule has 0 N–H and O–H groups in total. The molecular formula is C15H24O4. The van der Waals surface area contributed by atoms with E-state index >= 15 is 0 Å². The molecule has 0 saturated heterocycles. The molecule has 0 spiro atoms. The first-order valence-corrected chi connectivity index (χ1v) is 6.50. The van der Waals surface area contributed by atoms with Crippen molar-refractivity contribution in [1.82, 2.24) is 0 Å². The largest absolute Gasteiger partial charge is 0.465 e. The highest BCUT2D eigenvalue weighted by Gasteiger charge is 2.06. The predicted molar refractivity (Wildman–Crippen MR) is 74.6 cm³/mol. The Labute approximate surface area is 115 Å². The first kappa shape index (κ1) is 17.4. The van der Waals surface area contributed by atoms with Gasteiger partial charge in [-0.15, -0.1) is 6.58 Å². The van der Waals surface area contributed by atoms with Crippen molar-refractivity contribution in [3.63, 3.8) is 0 Å². The Hall–Kier alpha value is -1.58. The van der Waals surface area contributed by atoms with Crippen LogP contribution in [0, 0.1) is 0 Å². The summed E-state index contributed by atoms with van der Waals surface area (Å²) in [6, 6.07) is 0. The van der Waals surface area contributed by atoms with Crippen LogP contribution in [0.2, 0.25) is 0 Å². The normalized spacial score (nSPS) is 9.63. The molecule has 0 aliphatic heterocycles. The van der Waals surface area contributed by atoms with Gasteiger partial charge in [0.15, 0.2) is 0 Å². The zero-order valence-electron chi connectivity index (χ0n) is 12.2. The van der Waals surface area contributed by atoms with Crippen LogP contribution in [0.15, 0.2) is 23.8 Å². The highest BCUT2D eigenvalue weighted by molar-refractivity contribution is 5.72. The molecule has 0 aromatic carbocycles. The summed E-state index contributed by atoms with van der Waals surface area (Å²) in [5.74, 6) is -0.564. The molecule has 0 bridgehead atoms. The second-order valence-electron chi connectivity index (χ2n) is 4.75. The summed E-state index contributed by atoms with van der Waals surface area (Å²) in [4.78, 5) is 22.6. The minimum atomic E-state index is -0.285. The standard InChI is InChI=1S/C15H24O4/c1-12(2)8-10-18-14(16)6-5-7-15(17)19-11-9-13(3)4/h9H,1,5-8,10-11H2,2-4H3. The van der Waals surface area contributed by atoms with Crippen molar-refractivity contribution >= 4 is 11.9 Å². The minimum absolute atomic E-state index is 0.242. The molecule has 108 valence electrons. The Morgan fingerprint density at radius 3 is 2.11 bits per heavy atom. The van der Waals surface area contributed by atoms with Crippen LogP contribution in [0.1, 0.15) is 46.5 Å². The molecule has 0 saturated carbocycles. The molecule has 0 fully saturated rings. The highest BCUT2D eigenvalue weighted by atomic mass is 16.5. The molecule has 0 aliphatic carbocycles. The fraction of sp³-hybridized carbons (Fsp3) is 0.600. The van der Waals surface area contributed by atoms with E-state index in [0.717, 1.165) is 11.1 Å². The van der Waals surface area contributed by atoms with E-state index in [2.05, 4.69) is 6.58 Å². The number of esters is 2. The first-order valence-electron chi connectivity index (χ1n) is 6.50. The van der Waals surface area contributed by atoms with E-state index in [1.165, 1.54) is 0 Å². The number of rotatable bonds is 9. The predicted octanol–water partition coefficient (Wildman–Crippen LogP) is 3.18. The highest BCUT2D eigenvalue weighted by Crippen LogP contribution is 2.02. The molecule has 0 atom stereocenters. The van der Waals surface area contributed by atoms with Crippen molar-refractivity contribution in [2.24, 2.45) is 0 Å². The van der Waals surface area contributed by atoms with Crippen LogP contribution < -0.4 is 0 Å². The van der Waals surface area contributed by atoms with Crippen LogP contribution in [0.3, 0.4) is 0 Å². The summed E-state index contributed by atoms with van der Waals surface area (Å²) < 4.78 is 9.95. The lowest BCUT2D eigenvalue weighted by atomic mass is 10.2. The molecule has 0 amide bonds. The van der Waals surface area contributed by atoms with Crippen molar-refractivity contribution < 1.29 is 19.1 Å². The van der Waals surface area contributed by atoms with Crippen LogP contribution in [0.25, 0.3) is 0 Å². The van der Waals surface area contributed by atoms with Crippen LogP contribution in [0.4, 0.5) is 0 Å². The van der Waals surface area contributed by atoms with Gasteiger partial charge < -0.3 is 9.47 Å². The van der Waals surface area contributed by atoms with Gasteiger partial charge in [-0.3, -0.25) is 9.59 Å². The van der Waals surface area contributed by atoms with Gasteiger partial charge in [-0.2, -0.15) is 0 Å². The molecule has 0 radical (unpaired) electrons. The van der Waals surface area contributed by atoms with Gasteiger partial charge in [0.2, 0.25) is 0 Å². The number of carbonyl (C=O) groups is 2. The Morgan fingerprint density at radius 2 is 1.58 bits per heavy atom. The van der Waals surface area contributed by atoms with Crippen LogP contribution >= 0.6 is 0 Å². The van der Waals surface area contributed by atoms with Crippen molar-refractivity contribution in [1.29, 1.82) is 0 Å². The van der Waals surface area contributed by atoms with E-state index < -0.39 is 0 Å². The quantitative estimate of drug-likeness (QED) is 0.476. The van der Waals surface area contributed by atoms with E-state index in [0.29, 0.717) is 26.1 Å². The SMILES string of the molecule is C=C(C)CCOC(=O)CCCC(=O)OCC=C(C)C. The van der Waals surface area contributed by atoms with E-state index in [1.54, 1.807) is 0 Å². The van der Waals surface area contributed by atoms with Gasteiger partial charge in [-0.05, 0) is 33.3 Å². The van der Waals surface area contributed by atoms with Gasteiger partial charge in [0.1, 0.15) is 6.61 Å². The number of hydrogen-bond acceptors (Lipinski definition) is 4. The minimum Gasteiger partial charge on any atom is -0.465 e. The molecule has 0 aliphatic rings. The molecule has 0 aromatic heterocycles. The fourth-order valence-electron chi connectivity index (χ4n) is 1.16. The zero-order chi connectivity index (χ0) is 14.7. The summed E-state index contributed by atoms with van der Waals surface area (Å²) in [7, 11) is 0. The van der Waals surface area contributed by atoms with E-state index in [1.807, 2.05) is 26.8 Å². The summed E-state index contributed by atoms with van der Waals surface area (Å²) in [5.41, 5.74) is 2.09. The van der Waals surface area contributed by atoms with E-state index in [4.69, 9.17) is 9.47 Å². The number of allylic oxidation sites excluding steroid dienone is 1. The Balaban J connectivity index is 3.56. The van der Waals surface area contributed by atoms with Gasteiger partial charge >= 0.3 is 11.9 Å². The van der Waals surface area contributed by atoms with E-state index in [-0.39, 0.29) is 24.8 Å². The number of ether oxygens (including phenoxy) is 2. The van der Waals surface area contributed by atoms with Gasteiger partial charge in [0.05, 0.1) is 6.61 Å². The third-order valence-electron chi connectivity index (χ3n) is 2.29. The smallest absolute Gasteiger partial charge is 0.306 e. The maximum Gasteiger partial charge on any atom is 0.306 e. The number of hydrogen-bond donors (Lipinski definition) is 0. The first-order chi connectivity index (χ1) is 8.91. The molecule has 0 rings (SSSR count). The average molecular weight is 268 g/mol. The molecule has 4 heteroatoms. The molecular weight excluding hydrogens is 244 g/mol. The van der Waals surface area contributed by atoms with Crippen LogP contribution in [-0.2, 0) is 19.1 Å². The molecule has 4 nitrogen and oxygen atoms in total. The average Bonchev–Trinajstić information content (AvgIpc) is 2.27. The lowest BCUT2D eigenvalue weighted by molar-refractivity contribution is -0.144. The second kappa shape index (κ2) is 10.4. The summed E-state index contributed by atoms with van der Waals surface area (Å²) in [6.07, 6.45) is 3.46. The van der Waals surface area contributed by atoms with E-state index in [9.17, 15) is 9.59 Å². The maximum absolute atomic E-state index is 11.3. The lowest BCUT2D eigenvalue weighted by Crippen LogP contribution is -2.09. The topological polar surface area (TPSA) is 52.6 Å². The fourth-order valence-corrected chi connectivity index (χ4v) is 1.16. The lowest BCUT2D eigenvalue weighted by Gasteiger charge is -2.04. The Bertz CT molecular complexity index is 338.